The monoisotopic (exact) mass is 249 g/mol. The average molecular weight is 249 g/mol. The van der Waals surface area contributed by atoms with Gasteiger partial charge in [-0.1, -0.05) is 32.1 Å². The molecule has 1 aromatic carbocycles. The lowest BCUT2D eigenvalue weighted by atomic mass is 9.87. The summed E-state index contributed by atoms with van der Waals surface area (Å²) in [5.74, 6) is 2.35. The quantitative estimate of drug-likeness (QED) is 0.810. The second-order valence-electron chi connectivity index (χ2n) is 5.05. The minimum absolute atomic E-state index is 0.712. The van der Waals surface area contributed by atoms with E-state index in [-0.39, 0.29) is 0 Å². The standard InChI is InChI=1S/C15H23NO2/c1-17-14-8-7-13(16)11-15(14)18-10-9-12-5-3-2-4-6-12/h7-8,11-12H,2-6,9-10,16H2,1H3. The maximum atomic E-state index is 5.81. The van der Waals surface area contributed by atoms with Crippen molar-refractivity contribution in [1.29, 1.82) is 0 Å². The zero-order chi connectivity index (χ0) is 12.8. The molecular weight excluding hydrogens is 226 g/mol. The fourth-order valence-corrected chi connectivity index (χ4v) is 2.62. The van der Waals surface area contributed by atoms with Gasteiger partial charge in [0.05, 0.1) is 13.7 Å². The summed E-state index contributed by atoms with van der Waals surface area (Å²) in [5.41, 5.74) is 6.47. The zero-order valence-electron chi connectivity index (χ0n) is 11.2. The molecule has 1 aliphatic carbocycles. The van der Waals surface area contributed by atoms with Gasteiger partial charge in [0.15, 0.2) is 11.5 Å². The summed E-state index contributed by atoms with van der Waals surface area (Å²) in [6, 6.07) is 5.51. The van der Waals surface area contributed by atoms with E-state index in [1.165, 1.54) is 32.1 Å². The van der Waals surface area contributed by atoms with Gasteiger partial charge in [0.25, 0.3) is 0 Å². The molecule has 1 fully saturated rings. The molecule has 2 N–H and O–H groups in total. The SMILES string of the molecule is COc1ccc(N)cc1OCCC1CCCCC1. The molecule has 0 atom stereocenters. The second kappa shape index (κ2) is 6.53. The van der Waals surface area contributed by atoms with Crippen molar-refractivity contribution in [2.45, 2.75) is 38.5 Å². The first-order chi connectivity index (χ1) is 8.79. The first-order valence-electron chi connectivity index (χ1n) is 6.86. The fourth-order valence-electron chi connectivity index (χ4n) is 2.62. The van der Waals surface area contributed by atoms with Gasteiger partial charge in [-0.2, -0.15) is 0 Å². The van der Waals surface area contributed by atoms with Gasteiger partial charge in [-0.25, -0.2) is 0 Å². The number of ether oxygens (including phenoxy) is 2. The summed E-state index contributed by atoms with van der Waals surface area (Å²) in [7, 11) is 1.65. The van der Waals surface area contributed by atoms with Crippen molar-refractivity contribution in [3.63, 3.8) is 0 Å². The molecule has 0 radical (unpaired) electrons. The van der Waals surface area contributed by atoms with Gasteiger partial charge in [0, 0.05) is 11.8 Å². The predicted molar refractivity (Wildman–Crippen MR) is 74.1 cm³/mol. The van der Waals surface area contributed by atoms with Crippen LogP contribution in [0.4, 0.5) is 5.69 Å². The van der Waals surface area contributed by atoms with Gasteiger partial charge in [-0.05, 0) is 24.5 Å². The molecule has 0 heterocycles. The van der Waals surface area contributed by atoms with E-state index in [4.69, 9.17) is 15.2 Å². The third-order valence-corrected chi connectivity index (χ3v) is 3.70. The molecule has 0 saturated heterocycles. The summed E-state index contributed by atoms with van der Waals surface area (Å²) in [4.78, 5) is 0. The van der Waals surface area contributed by atoms with Crippen molar-refractivity contribution in [1.82, 2.24) is 0 Å². The summed E-state index contributed by atoms with van der Waals surface area (Å²) in [6.45, 7) is 0.754. The predicted octanol–water partition coefficient (Wildman–Crippen LogP) is 3.63. The van der Waals surface area contributed by atoms with Crippen LogP contribution in [-0.2, 0) is 0 Å². The largest absolute Gasteiger partial charge is 0.493 e. The van der Waals surface area contributed by atoms with Crippen molar-refractivity contribution in [2.75, 3.05) is 19.5 Å². The summed E-state index contributed by atoms with van der Waals surface area (Å²) in [5, 5.41) is 0. The Bertz CT molecular complexity index is 373. The highest BCUT2D eigenvalue weighted by atomic mass is 16.5. The van der Waals surface area contributed by atoms with Crippen molar-refractivity contribution in [3.8, 4) is 11.5 Å². The van der Waals surface area contributed by atoms with Crippen LogP contribution in [0.25, 0.3) is 0 Å². The topological polar surface area (TPSA) is 44.5 Å². The Balaban J connectivity index is 1.83. The van der Waals surface area contributed by atoms with Crippen molar-refractivity contribution < 1.29 is 9.47 Å². The summed E-state index contributed by atoms with van der Waals surface area (Å²) < 4.78 is 11.1. The number of anilines is 1. The molecule has 0 amide bonds. The molecule has 1 saturated carbocycles. The van der Waals surface area contributed by atoms with Crippen molar-refractivity contribution in [3.05, 3.63) is 18.2 Å². The lowest BCUT2D eigenvalue weighted by Gasteiger charge is -2.21. The molecule has 100 valence electrons. The van der Waals surface area contributed by atoms with Crippen molar-refractivity contribution >= 4 is 5.69 Å². The van der Waals surface area contributed by atoms with Gasteiger partial charge < -0.3 is 15.2 Å². The maximum Gasteiger partial charge on any atom is 0.163 e. The highest BCUT2D eigenvalue weighted by Crippen LogP contribution is 2.30. The molecule has 3 nitrogen and oxygen atoms in total. The summed E-state index contributed by atoms with van der Waals surface area (Å²) in [6.07, 6.45) is 8.02. The number of rotatable bonds is 5. The van der Waals surface area contributed by atoms with Crippen LogP contribution >= 0.6 is 0 Å². The van der Waals surface area contributed by atoms with Gasteiger partial charge in [0.2, 0.25) is 0 Å². The highest BCUT2D eigenvalue weighted by Gasteiger charge is 2.13. The number of hydrogen-bond donors (Lipinski definition) is 1. The van der Waals surface area contributed by atoms with Gasteiger partial charge >= 0.3 is 0 Å². The molecule has 0 spiro atoms. The Morgan fingerprint density at radius 1 is 1.17 bits per heavy atom. The molecule has 3 heteroatoms. The number of methoxy groups -OCH3 is 1. The van der Waals surface area contributed by atoms with E-state index in [0.29, 0.717) is 5.69 Å². The normalized spacial score (nSPS) is 16.5. The van der Waals surface area contributed by atoms with Gasteiger partial charge in [-0.15, -0.1) is 0 Å². The number of benzene rings is 1. The average Bonchev–Trinajstić information content (AvgIpc) is 2.40. The van der Waals surface area contributed by atoms with E-state index in [2.05, 4.69) is 0 Å². The summed E-state index contributed by atoms with van der Waals surface area (Å²) >= 11 is 0. The first-order valence-corrected chi connectivity index (χ1v) is 6.86. The van der Waals surface area contributed by atoms with Crippen LogP contribution < -0.4 is 15.2 Å². The van der Waals surface area contributed by atoms with Crippen molar-refractivity contribution in [2.24, 2.45) is 5.92 Å². The van der Waals surface area contributed by atoms with E-state index in [1.807, 2.05) is 18.2 Å². The van der Waals surface area contributed by atoms with Crippen LogP contribution in [0.2, 0.25) is 0 Å². The van der Waals surface area contributed by atoms with Gasteiger partial charge in [-0.3, -0.25) is 0 Å². The minimum atomic E-state index is 0.712. The Hall–Kier alpha value is -1.38. The van der Waals surface area contributed by atoms with E-state index in [1.54, 1.807) is 7.11 Å². The zero-order valence-corrected chi connectivity index (χ0v) is 11.2. The second-order valence-corrected chi connectivity index (χ2v) is 5.05. The lowest BCUT2D eigenvalue weighted by molar-refractivity contribution is 0.238. The van der Waals surface area contributed by atoms with Crippen LogP contribution in [0.5, 0.6) is 11.5 Å². The molecule has 0 bridgehead atoms. The third-order valence-electron chi connectivity index (χ3n) is 3.70. The Morgan fingerprint density at radius 3 is 2.67 bits per heavy atom. The smallest absolute Gasteiger partial charge is 0.163 e. The Kier molecular flexibility index (Phi) is 4.73. The van der Waals surface area contributed by atoms with Crippen LogP contribution in [0.15, 0.2) is 18.2 Å². The number of nitrogen functional groups attached to an aromatic ring is 1. The van der Waals surface area contributed by atoms with E-state index in [9.17, 15) is 0 Å². The molecule has 0 aromatic heterocycles. The Labute approximate surface area is 109 Å². The van der Waals surface area contributed by atoms with E-state index >= 15 is 0 Å². The van der Waals surface area contributed by atoms with Crippen LogP contribution in [0, 0.1) is 5.92 Å². The van der Waals surface area contributed by atoms with Crippen LogP contribution in [-0.4, -0.2) is 13.7 Å². The maximum absolute atomic E-state index is 5.81. The van der Waals surface area contributed by atoms with Gasteiger partial charge in [0.1, 0.15) is 0 Å². The molecule has 1 aromatic rings. The number of hydrogen-bond acceptors (Lipinski definition) is 3. The van der Waals surface area contributed by atoms with E-state index < -0.39 is 0 Å². The molecule has 0 unspecified atom stereocenters. The lowest BCUT2D eigenvalue weighted by Crippen LogP contribution is -2.11. The number of nitrogens with two attached hydrogens (primary N) is 1. The Morgan fingerprint density at radius 2 is 1.94 bits per heavy atom. The molecule has 2 rings (SSSR count). The molecule has 1 aliphatic rings. The highest BCUT2D eigenvalue weighted by molar-refractivity contribution is 5.51. The minimum Gasteiger partial charge on any atom is -0.493 e. The molecular formula is C15H23NO2. The fraction of sp³-hybridized carbons (Fsp3) is 0.600. The molecule has 18 heavy (non-hydrogen) atoms. The third kappa shape index (κ3) is 3.56. The van der Waals surface area contributed by atoms with Crippen LogP contribution in [0.1, 0.15) is 38.5 Å². The van der Waals surface area contributed by atoms with Crippen LogP contribution in [0.3, 0.4) is 0 Å². The van der Waals surface area contributed by atoms with E-state index in [0.717, 1.165) is 30.4 Å². The molecule has 0 aliphatic heterocycles. The first kappa shape index (κ1) is 13.1.